The van der Waals surface area contributed by atoms with Crippen LogP contribution in [0.15, 0.2) is 188 Å². The van der Waals surface area contributed by atoms with Crippen LogP contribution in [0, 0.1) is 29.2 Å². The minimum Gasteiger partial charge on any atom is -0.319 e. The van der Waals surface area contributed by atoms with Gasteiger partial charge in [-0.3, -0.25) is 0 Å². The van der Waals surface area contributed by atoms with Gasteiger partial charge in [0, 0.05) is 43.9 Å². The Morgan fingerprint density at radius 1 is 0.419 bits per heavy atom. The van der Waals surface area contributed by atoms with Crippen molar-refractivity contribution in [3.63, 3.8) is 0 Å². The first-order chi connectivity index (χ1) is 30.6. The molecule has 0 spiro atoms. The first-order valence-electron chi connectivity index (χ1n) is 20.1. The monoisotopic (exact) mass is 789 g/mol. The third-order valence-corrected chi connectivity index (χ3v) is 11.7. The predicted molar refractivity (Wildman–Crippen MR) is 248 cm³/mol. The van der Waals surface area contributed by atoms with Gasteiger partial charge >= 0.3 is 0 Å². The van der Waals surface area contributed by atoms with Crippen molar-refractivity contribution in [3.05, 3.63) is 211 Å². The van der Waals surface area contributed by atoms with Crippen molar-refractivity contribution in [2.24, 2.45) is 0 Å². The van der Waals surface area contributed by atoms with E-state index in [9.17, 15) is 10.5 Å². The van der Waals surface area contributed by atoms with E-state index in [1.165, 1.54) is 10.8 Å². The molecule has 0 unspecified atom stereocenters. The van der Waals surface area contributed by atoms with Crippen LogP contribution in [-0.4, -0.2) is 19.1 Å². The van der Waals surface area contributed by atoms with Crippen LogP contribution in [-0.2, 0) is 0 Å². The maximum atomic E-state index is 9.36. The summed E-state index contributed by atoms with van der Waals surface area (Å²) < 4.78 is 4.56. The van der Waals surface area contributed by atoms with E-state index in [1.54, 1.807) is 24.3 Å². The van der Waals surface area contributed by atoms with Gasteiger partial charge in [-0.15, -0.1) is 0 Å². The van der Waals surface area contributed by atoms with Crippen LogP contribution in [0.1, 0.15) is 11.1 Å². The Labute approximate surface area is 356 Å². The molecule has 0 aliphatic rings. The molecule has 62 heavy (non-hydrogen) atoms. The van der Waals surface area contributed by atoms with E-state index in [2.05, 4.69) is 141 Å². The number of hydrogen-bond acceptors (Lipinski definition) is 4. The summed E-state index contributed by atoms with van der Waals surface area (Å²) in [5, 5.41) is 23.4. The third-order valence-electron chi connectivity index (χ3n) is 11.7. The Hall–Kier alpha value is -9.09. The van der Waals surface area contributed by atoms with Gasteiger partial charge in [-0.05, 0) is 102 Å². The lowest BCUT2D eigenvalue weighted by molar-refractivity contribution is 1.17. The summed E-state index contributed by atoms with van der Waals surface area (Å²) in [5.41, 5.74) is 13.9. The second kappa shape index (κ2) is 14.6. The first-order valence-corrected chi connectivity index (χ1v) is 20.1. The lowest BCUT2D eigenvalue weighted by Gasteiger charge is -2.13. The van der Waals surface area contributed by atoms with E-state index in [0.29, 0.717) is 28.3 Å². The average molecular weight is 790 g/mol. The molecule has 3 heterocycles. The SMILES string of the molecule is [C-]#[N+]c1cc(-c2ccc(-c3cc(-c4ccc(C#N)cc4)nc(-c4ccc(C#N)cc4)n3)cc2)ccc1-n1c2ccccc2c2cc(-n3c4ccccc4c4ccccc43)ccc21. The molecule has 286 valence electrons. The predicted octanol–water partition coefficient (Wildman–Crippen LogP) is 13.6. The number of nitriles is 2. The van der Waals surface area contributed by atoms with E-state index in [1.807, 2.05) is 48.5 Å². The number of hydrogen-bond donors (Lipinski definition) is 0. The van der Waals surface area contributed by atoms with Crippen molar-refractivity contribution in [2.45, 2.75) is 0 Å². The summed E-state index contributed by atoms with van der Waals surface area (Å²) in [6.07, 6.45) is 0. The fourth-order valence-electron chi connectivity index (χ4n) is 8.66. The maximum Gasteiger partial charge on any atom is 0.211 e. The Balaban J connectivity index is 0.974. The van der Waals surface area contributed by atoms with E-state index in [0.717, 1.165) is 77.7 Å². The average Bonchev–Trinajstić information content (AvgIpc) is 3.86. The Morgan fingerprint density at radius 2 is 0.887 bits per heavy atom. The Bertz CT molecular complexity index is 3570. The van der Waals surface area contributed by atoms with Gasteiger partial charge < -0.3 is 9.13 Å². The zero-order chi connectivity index (χ0) is 41.7. The molecule has 3 aromatic heterocycles. The van der Waals surface area contributed by atoms with E-state index in [-0.39, 0.29) is 0 Å². The van der Waals surface area contributed by atoms with Crippen molar-refractivity contribution < 1.29 is 0 Å². The van der Waals surface area contributed by atoms with Gasteiger partial charge in [0.1, 0.15) is 0 Å². The van der Waals surface area contributed by atoms with Gasteiger partial charge in [0.05, 0.1) is 69.0 Å². The molecule has 8 aromatic carbocycles. The minimum absolute atomic E-state index is 0.528. The number of para-hydroxylation sites is 3. The van der Waals surface area contributed by atoms with Crippen molar-refractivity contribution in [1.82, 2.24) is 19.1 Å². The highest BCUT2D eigenvalue weighted by Crippen LogP contribution is 2.40. The van der Waals surface area contributed by atoms with Crippen molar-refractivity contribution in [2.75, 3.05) is 0 Å². The third kappa shape index (κ3) is 5.96. The molecule has 0 aliphatic heterocycles. The molecule has 0 aliphatic carbocycles. The maximum absolute atomic E-state index is 9.36. The molecule has 0 atom stereocenters. The normalized spacial score (nSPS) is 11.2. The largest absolute Gasteiger partial charge is 0.319 e. The molecular formula is C55H31N7. The van der Waals surface area contributed by atoms with Gasteiger partial charge in [0.25, 0.3) is 0 Å². The molecule has 0 amide bonds. The molecule has 11 aromatic rings. The number of aromatic nitrogens is 4. The lowest BCUT2D eigenvalue weighted by Crippen LogP contribution is -1.96. The second-order valence-electron chi connectivity index (χ2n) is 15.2. The summed E-state index contributed by atoms with van der Waals surface area (Å²) in [4.78, 5) is 13.9. The van der Waals surface area contributed by atoms with Gasteiger partial charge in [0.2, 0.25) is 5.69 Å². The van der Waals surface area contributed by atoms with Crippen molar-refractivity contribution in [1.29, 1.82) is 10.5 Å². The molecule has 0 fully saturated rings. The van der Waals surface area contributed by atoms with Crippen LogP contribution >= 0.6 is 0 Å². The van der Waals surface area contributed by atoms with Gasteiger partial charge in [0.15, 0.2) is 5.82 Å². The quantitative estimate of drug-likeness (QED) is 0.157. The molecule has 0 bridgehead atoms. The molecule has 0 radical (unpaired) electrons. The van der Waals surface area contributed by atoms with Crippen LogP contribution in [0.5, 0.6) is 0 Å². The molecular weight excluding hydrogens is 759 g/mol. The Kier molecular flexibility index (Phi) is 8.50. The van der Waals surface area contributed by atoms with Crippen LogP contribution in [0.25, 0.3) is 105 Å². The molecule has 0 saturated heterocycles. The minimum atomic E-state index is 0.528. The Morgan fingerprint density at radius 3 is 1.45 bits per heavy atom. The van der Waals surface area contributed by atoms with Crippen molar-refractivity contribution >= 4 is 49.3 Å². The zero-order valence-electron chi connectivity index (χ0n) is 33.0. The first kappa shape index (κ1) is 36.0. The summed E-state index contributed by atoms with van der Waals surface area (Å²) in [6.45, 7) is 8.38. The second-order valence-corrected chi connectivity index (χ2v) is 15.2. The van der Waals surface area contributed by atoms with Crippen LogP contribution in [0.4, 0.5) is 5.69 Å². The summed E-state index contributed by atoms with van der Waals surface area (Å²) >= 11 is 0. The highest BCUT2D eigenvalue weighted by atomic mass is 15.0. The molecule has 0 N–H and O–H groups in total. The lowest BCUT2D eigenvalue weighted by atomic mass is 10.0. The number of rotatable bonds is 6. The topological polar surface area (TPSA) is 87.6 Å². The summed E-state index contributed by atoms with van der Waals surface area (Å²) in [6, 6.07) is 67.3. The smallest absolute Gasteiger partial charge is 0.211 e. The van der Waals surface area contributed by atoms with Gasteiger partial charge in [-0.1, -0.05) is 97.1 Å². The standard InChI is InChI=1S/C55H31N7/c1-58-49-30-41(37-22-24-39(25-23-37)48-32-47(38-18-14-35(33-56)15-19-38)59-55(60-48)40-20-16-36(34-57)17-21-40)26-28-54(49)62-52-13-7-4-10-45(52)46-31-42(27-29-53(46)62)61-50-11-5-2-8-43(50)44-9-3-6-12-51(44)61/h2-32H. The molecule has 11 rings (SSSR count). The van der Waals surface area contributed by atoms with E-state index in [4.69, 9.17) is 16.5 Å². The van der Waals surface area contributed by atoms with Crippen molar-refractivity contribution in [3.8, 4) is 68.5 Å². The van der Waals surface area contributed by atoms with Crippen LogP contribution < -0.4 is 0 Å². The van der Waals surface area contributed by atoms with Crippen LogP contribution in [0.3, 0.4) is 0 Å². The van der Waals surface area contributed by atoms with Gasteiger partial charge in [-0.2, -0.15) is 10.5 Å². The molecule has 0 saturated carbocycles. The molecule has 7 nitrogen and oxygen atoms in total. The zero-order valence-corrected chi connectivity index (χ0v) is 33.0. The summed E-state index contributed by atoms with van der Waals surface area (Å²) in [7, 11) is 0. The van der Waals surface area contributed by atoms with Gasteiger partial charge in [-0.25, -0.2) is 14.8 Å². The summed E-state index contributed by atoms with van der Waals surface area (Å²) in [5.74, 6) is 0.528. The van der Waals surface area contributed by atoms with E-state index < -0.39 is 0 Å². The number of nitrogens with zero attached hydrogens (tertiary/aromatic N) is 7. The highest BCUT2D eigenvalue weighted by Gasteiger charge is 2.19. The van der Waals surface area contributed by atoms with Crippen LogP contribution in [0.2, 0.25) is 0 Å². The number of benzene rings is 8. The molecule has 7 heteroatoms. The number of fused-ring (bicyclic) bond motifs is 6. The fraction of sp³-hybridized carbons (Fsp3) is 0. The highest BCUT2D eigenvalue weighted by molar-refractivity contribution is 6.12. The fourth-order valence-corrected chi connectivity index (χ4v) is 8.66. The van der Waals surface area contributed by atoms with E-state index >= 15 is 0 Å².